The van der Waals surface area contributed by atoms with Crippen LogP contribution in [-0.4, -0.2) is 11.8 Å². The summed E-state index contributed by atoms with van der Waals surface area (Å²) in [6.07, 6.45) is 4.37. The lowest BCUT2D eigenvalue weighted by atomic mass is 9.67. The van der Waals surface area contributed by atoms with E-state index in [9.17, 15) is 4.79 Å². The van der Waals surface area contributed by atoms with E-state index in [4.69, 9.17) is 5.73 Å². The van der Waals surface area contributed by atoms with Gasteiger partial charge in [-0.2, -0.15) is 0 Å². The normalized spacial score (nSPS) is 23.9. The maximum Gasteiger partial charge on any atom is 0.149 e. The number of nitrogens with two attached hydrogens (primary N) is 1. The van der Waals surface area contributed by atoms with Crippen LogP contribution < -0.4 is 5.73 Å². The molecule has 0 aromatic heterocycles. The van der Waals surface area contributed by atoms with Gasteiger partial charge >= 0.3 is 0 Å². The van der Waals surface area contributed by atoms with Crippen LogP contribution in [0, 0.1) is 5.41 Å². The Morgan fingerprint density at radius 2 is 2.18 bits per heavy atom. The van der Waals surface area contributed by atoms with Crippen LogP contribution in [0.15, 0.2) is 0 Å². The lowest BCUT2D eigenvalue weighted by Crippen LogP contribution is -2.35. The van der Waals surface area contributed by atoms with Gasteiger partial charge < -0.3 is 5.73 Å². The number of hydrogen-bond acceptors (Lipinski definition) is 2. The second-order valence-corrected chi connectivity index (χ2v) is 4.10. The van der Waals surface area contributed by atoms with Gasteiger partial charge in [-0.05, 0) is 25.2 Å². The number of ketones is 1. The van der Waals surface area contributed by atoms with Gasteiger partial charge in [0.15, 0.2) is 0 Å². The lowest BCUT2D eigenvalue weighted by Gasteiger charge is -2.38. The molecule has 2 nitrogen and oxygen atoms in total. The zero-order valence-corrected chi connectivity index (χ0v) is 7.39. The molecule has 0 aromatic carbocycles. The van der Waals surface area contributed by atoms with Crippen LogP contribution in [0.5, 0.6) is 0 Å². The second kappa shape index (κ2) is 2.94. The van der Waals surface area contributed by atoms with Crippen LogP contribution in [0.2, 0.25) is 0 Å². The summed E-state index contributed by atoms with van der Waals surface area (Å²) in [7, 11) is 0. The Labute approximate surface area is 68.2 Å². The third-order valence-electron chi connectivity index (χ3n) is 2.67. The molecule has 1 atom stereocenters. The Balaban J connectivity index is 2.35. The van der Waals surface area contributed by atoms with E-state index in [0.717, 1.165) is 0 Å². The molecule has 2 heteroatoms. The molecule has 1 aliphatic carbocycles. The van der Waals surface area contributed by atoms with Gasteiger partial charge in [-0.25, -0.2) is 0 Å². The van der Waals surface area contributed by atoms with E-state index in [0.29, 0.717) is 11.8 Å². The molecule has 0 unspecified atom stereocenters. The molecule has 0 aliphatic heterocycles. The summed E-state index contributed by atoms with van der Waals surface area (Å²) in [6.45, 7) is 3.95. The van der Waals surface area contributed by atoms with Crippen molar-refractivity contribution < 1.29 is 4.79 Å². The van der Waals surface area contributed by atoms with Crippen molar-refractivity contribution in [1.29, 1.82) is 0 Å². The molecule has 1 rings (SSSR count). The molecule has 0 aromatic rings. The molecule has 0 amide bonds. The molecule has 64 valence electrons. The zero-order chi connectivity index (χ0) is 8.48. The van der Waals surface area contributed by atoms with Crippen LogP contribution in [0.1, 0.15) is 39.5 Å². The van der Waals surface area contributed by atoms with E-state index < -0.39 is 0 Å². The molecule has 0 radical (unpaired) electrons. The highest BCUT2D eigenvalue weighted by Gasteiger charge is 2.34. The summed E-state index contributed by atoms with van der Waals surface area (Å²) in [5.74, 6) is 0.215. The summed E-state index contributed by atoms with van der Waals surface area (Å²) in [5, 5.41) is 0. The highest BCUT2D eigenvalue weighted by molar-refractivity contribution is 5.83. The lowest BCUT2D eigenvalue weighted by molar-refractivity contribution is -0.123. The van der Waals surface area contributed by atoms with Crippen molar-refractivity contribution in [2.24, 2.45) is 11.1 Å². The summed E-state index contributed by atoms with van der Waals surface area (Å²) in [5.41, 5.74) is 5.77. The third-order valence-corrected chi connectivity index (χ3v) is 2.67. The molecular weight excluding hydrogens is 138 g/mol. The van der Waals surface area contributed by atoms with Gasteiger partial charge in [0, 0.05) is 6.42 Å². The third kappa shape index (κ3) is 2.03. The van der Waals surface area contributed by atoms with Crippen molar-refractivity contribution in [3.8, 4) is 0 Å². The SMILES string of the molecule is C[C@H](N)C(=O)CC1(C)CCC1. The fourth-order valence-corrected chi connectivity index (χ4v) is 1.54. The predicted octanol–water partition coefficient (Wildman–Crippen LogP) is 1.48. The Hall–Kier alpha value is -0.370. The first-order valence-electron chi connectivity index (χ1n) is 4.32. The van der Waals surface area contributed by atoms with Gasteiger partial charge in [-0.15, -0.1) is 0 Å². The Bertz CT molecular complexity index is 159. The number of carbonyl (C=O) groups excluding carboxylic acids is 1. The van der Waals surface area contributed by atoms with E-state index in [2.05, 4.69) is 6.92 Å². The van der Waals surface area contributed by atoms with Gasteiger partial charge in [0.1, 0.15) is 5.78 Å². The van der Waals surface area contributed by atoms with Crippen molar-refractivity contribution in [3.05, 3.63) is 0 Å². The molecular formula is C9H17NO. The van der Waals surface area contributed by atoms with Crippen LogP contribution in [0.4, 0.5) is 0 Å². The minimum absolute atomic E-state index is 0.215. The molecule has 1 fully saturated rings. The minimum atomic E-state index is -0.271. The summed E-state index contributed by atoms with van der Waals surface area (Å²) in [4.78, 5) is 11.2. The average molecular weight is 155 g/mol. The van der Waals surface area contributed by atoms with Crippen molar-refractivity contribution in [2.75, 3.05) is 0 Å². The monoisotopic (exact) mass is 155 g/mol. The second-order valence-electron chi connectivity index (χ2n) is 4.10. The molecule has 1 saturated carbocycles. The topological polar surface area (TPSA) is 43.1 Å². The van der Waals surface area contributed by atoms with Gasteiger partial charge in [-0.1, -0.05) is 13.3 Å². The first-order chi connectivity index (χ1) is 5.03. The maximum atomic E-state index is 11.2. The zero-order valence-electron chi connectivity index (χ0n) is 7.39. The summed E-state index contributed by atoms with van der Waals surface area (Å²) < 4.78 is 0. The minimum Gasteiger partial charge on any atom is -0.322 e. The van der Waals surface area contributed by atoms with Gasteiger partial charge in [0.2, 0.25) is 0 Å². The predicted molar refractivity (Wildman–Crippen MR) is 45.2 cm³/mol. The standard InChI is InChI=1S/C9H17NO/c1-7(10)8(11)6-9(2)4-3-5-9/h7H,3-6,10H2,1-2H3/t7-/m0/s1. The fraction of sp³-hybridized carbons (Fsp3) is 0.889. The van der Waals surface area contributed by atoms with E-state index >= 15 is 0 Å². The van der Waals surface area contributed by atoms with Gasteiger partial charge in [0.05, 0.1) is 6.04 Å². The van der Waals surface area contributed by atoms with Gasteiger partial charge in [-0.3, -0.25) is 4.79 Å². The smallest absolute Gasteiger partial charge is 0.149 e. The first-order valence-corrected chi connectivity index (χ1v) is 4.32. The molecule has 2 N–H and O–H groups in total. The van der Waals surface area contributed by atoms with Crippen molar-refractivity contribution in [1.82, 2.24) is 0 Å². The molecule has 0 saturated heterocycles. The number of carbonyl (C=O) groups is 1. The Morgan fingerprint density at radius 3 is 2.45 bits per heavy atom. The maximum absolute atomic E-state index is 11.2. The van der Waals surface area contributed by atoms with Crippen LogP contribution in [0.3, 0.4) is 0 Å². The van der Waals surface area contributed by atoms with E-state index in [-0.39, 0.29) is 11.8 Å². The quantitative estimate of drug-likeness (QED) is 0.671. The van der Waals surface area contributed by atoms with E-state index in [1.807, 2.05) is 0 Å². The summed E-state index contributed by atoms with van der Waals surface area (Å²) >= 11 is 0. The highest BCUT2D eigenvalue weighted by Crippen LogP contribution is 2.43. The van der Waals surface area contributed by atoms with Crippen molar-refractivity contribution in [3.63, 3.8) is 0 Å². The Morgan fingerprint density at radius 1 is 1.64 bits per heavy atom. The number of rotatable bonds is 3. The largest absolute Gasteiger partial charge is 0.322 e. The van der Waals surface area contributed by atoms with Crippen LogP contribution in [-0.2, 0) is 4.79 Å². The molecule has 11 heavy (non-hydrogen) atoms. The number of Topliss-reactive ketones (excluding diaryl/α,β-unsaturated/α-hetero) is 1. The molecule has 0 spiro atoms. The van der Waals surface area contributed by atoms with Crippen molar-refractivity contribution >= 4 is 5.78 Å². The molecule has 0 bridgehead atoms. The number of hydrogen-bond donors (Lipinski definition) is 1. The molecule has 1 aliphatic rings. The molecule has 0 heterocycles. The first kappa shape index (κ1) is 8.72. The van der Waals surface area contributed by atoms with Gasteiger partial charge in [0.25, 0.3) is 0 Å². The van der Waals surface area contributed by atoms with Crippen LogP contribution in [0.25, 0.3) is 0 Å². The van der Waals surface area contributed by atoms with Crippen LogP contribution >= 0.6 is 0 Å². The fourth-order valence-electron chi connectivity index (χ4n) is 1.54. The van der Waals surface area contributed by atoms with E-state index in [1.165, 1.54) is 19.3 Å². The Kier molecular flexibility index (Phi) is 2.33. The van der Waals surface area contributed by atoms with Crippen molar-refractivity contribution in [2.45, 2.75) is 45.6 Å². The summed E-state index contributed by atoms with van der Waals surface area (Å²) in [6, 6.07) is -0.271. The van der Waals surface area contributed by atoms with E-state index in [1.54, 1.807) is 6.92 Å². The average Bonchev–Trinajstić information content (AvgIpc) is 1.84. The highest BCUT2D eigenvalue weighted by atomic mass is 16.1.